The Bertz CT molecular complexity index is 1060. The van der Waals surface area contributed by atoms with E-state index in [1.165, 1.54) is 0 Å². The van der Waals surface area contributed by atoms with E-state index in [0.29, 0.717) is 57.1 Å². The van der Waals surface area contributed by atoms with Crippen molar-refractivity contribution in [3.05, 3.63) is 66.3 Å². The molecule has 0 saturated carbocycles. The first kappa shape index (κ1) is 25.9. The first-order valence-corrected chi connectivity index (χ1v) is 11.8. The van der Waals surface area contributed by atoms with Crippen molar-refractivity contribution in [2.75, 3.05) is 13.1 Å². The van der Waals surface area contributed by atoms with Gasteiger partial charge < -0.3 is 19.4 Å². The molecule has 0 aliphatic carbocycles. The van der Waals surface area contributed by atoms with E-state index in [0.717, 1.165) is 11.1 Å². The summed E-state index contributed by atoms with van der Waals surface area (Å²) in [7, 11) is 0. The van der Waals surface area contributed by atoms with E-state index in [-0.39, 0.29) is 12.0 Å². The Hall–Kier alpha value is -3.75. The maximum Gasteiger partial charge on any atom is 0.410 e. The monoisotopic (exact) mass is 479 g/mol. The van der Waals surface area contributed by atoms with Crippen LogP contribution in [0.5, 0.6) is 0 Å². The van der Waals surface area contributed by atoms with Crippen LogP contribution in [-0.4, -0.2) is 50.8 Å². The second-order valence-corrected chi connectivity index (χ2v) is 9.19. The van der Waals surface area contributed by atoms with Crippen LogP contribution in [0.1, 0.15) is 51.5 Å². The summed E-state index contributed by atoms with van der Waals surface area (Å²) >= 11 is 0. The predicted octanol–water partition coefficient (Wildman–Crippen LogP) is 4.40. The molecular weight excluding hydrogens is 446 g/mol. The zero-order valence-corrected chi connectivity index (χ0v) is 20.6. The number of pyridine rings is 1. The quantitative estimate of drug-likeness (QED) is 0.406. The van der Waals surface area contributed by atoms with Crippen LogP contribution in [-0.2, 0) is 22.5 Å². The number of hydrogen-bond donors (Lipinski definition) is 1. The van der Waals surface area contributed by atoms with Crippen molar-refractivity contribution in [3.8, 4) is 11.5 Å². The van der Waals surface area contributed by atoms with E-state index in [1.807, 2.05) is 63.2 Å². The largest absolute Gasteiger partial charge is 0.444 e. The van der Waals surface area contributed by atoms with Crippen molar-refractivity contribution in [2.24, 2.45) is 0 Å². The molecule has 35 heavy (non-hydrogen) atoms. The lowest BCUT2D eigenvalue weighted by molar-refractivity contribution is -0.121. The smallest absolute Gasteiger partial charge is 0.410 e. The number of carbonyl (C=O) groups is 2. The fraction of sp³-hybridized carbons (Fsp3) is 0.423. The standard InChI is InChI=1S/C26H33N5O4/c1-26(2,3)35-25(33)31(19-20-10-8-15-27-18-20)17-9-16-28-22(32)13-7-14-23-29-30-24(34-23)21-11-5-4-6-12-21/h4-6,8,10-12,15,18H,7,9,13-14,16-17,19H2,1-3H3,(H,28,32). The van der Waals surface area contributed by atoms with E-state index in [4.69, 9.17) is 9.15 Å². The zero-order chi connectivity index (χ0) is 25.1. The predicted molar refractivity (Wildman–Crippen MR) is 131 cm³/mol. The number of aryl methyl sites for hydroxylation is 1. The highest BCUT2D eigenvalue weighted by Gasteiger charge is 2.22. The number of nitrogens with one attached hydrogen (secondary N) is 1. The van der Waals surface area contributed by atoms with Gasteiger partial charge in [0.25, 0.3) is 0 Å². The summed E-state index contributed by atoms with van der Waals surface area (Å²) in [5, 5.41) is 11.0. The first-order valence-electron chi connectivity index (χ1n) is 11.8. The molecule has 2 heterocycles. The van der Waals surface area contributed by atoms with Crippen molar-refractivity contribution in [1.29, 1.82) is 0 Å². The summed E-state index contributed by atoms with van der Waals surface area (Å²) in [6.45, 7) is 6.82. The molecule has 1 aromatic carbocycles. The average Bonchev–Trinajstić information content (AvgIpc) is 3.30. The number of hydrogen-bond acceptors (Lipinski definition) is 7. The van der Waals surface area contributed by atoms with Gasteiger partial charge in [-0.3, -0.25) is 9.78 Å². The van der Waals surface area contributed by atoms with Crippen molar-refractivity contribution < 1.29 is 18.7 Å². The van der Waals surface area contributed by atoms with E-state index in [1.54, 1.807) is 17.3 Å². The van der Waals surface area contributed by atoms with Gasteiger partial charge in [-0.1, -0.05) is 24.3 Å². The van der Waals surface area contributed by atoms with Crippen molar-refractivity contribution in [1.82, 2.24) is 25.4 Å². The summed E-state index contributed by atoms with van der Waals surface area (Å²) in [6.07, 6.45) is 5.13. The van der Waals surface area contributed by atoms with Gasteiger partial charge in [0.05, 0.1) is 6.54 Å². The Morgan fingerprint density at radius 2 is 1.86 bits per heavy atom. The molecule has 186 valence electrons. The number of amides is 2. The van der Waals surface area contributed by atoms with Crippen LogP contribution in [0.4, 0.5) is 4.79 Å². The number of carbonyl (C=O) groups excluding carboxylic acids is 2. The molecule has 0 bridgehead atoms. The first-order chi connectivity index (χ1) is 16.8. The Labute approximate surface area is 205 Å². The van der Waals surface area contributed by atoms with E-state index in [9.17, 15) is 9.59 Å². The van der Waals surface area contributed by atoms with Gasteiger partial charge in [0.1, 0.15) is 5.60 Å². The Balaban J connectivity index is 1.38. The van der Waals surface area contributed by atoms with Crippen molar-refractivity contribution >= 4 is 12.0 Å². The van der Waals surface area contributed by atoms with Gasteiger partial charge in [0, 0.05) is 43.9 Å². The molecule has 0 saturated heterocycles. The Kier molecular flexibility index (Phi) is 9.34. The fourth-order valence-electron chi connectivity index (χ4n) is 3.31. The van der Waals surface area contributed by atoms with Crippen LogP contribution in [0.15, 0.2) is 59.3 Å². The molecule has 1 N–H and O–H groups in total. The molecule has 0 unspecified atom stereocenters. The van der Waals surface area contributed by atoms with Crippen LogP contribution < -0.4 is 5.32 Å². The molecule has 3 rings (SSSR count). The lowest BCUT2D eigenvalue weighted by atomic mass is 10.2. The third-order valence-corrected chi connectivity index (χ3v) is 4.96. The number of aromatic nitrogens is 3. The highest BCUT2D eigenvalue weighted by Crippen LogP contribution is 2.18. The van der Waals surface area contributed by atoms with Crippen LogP contribution >= 0.6 is 0 Å². The average molecular weight is 480 g/mol. The van der Waals surface area contributed by atoms with Crippen LogP contribution in [0.25, 0.3) is 11.5 Å². The van der Waals surface area contributed by atoms with Gasteiger partial charge in [-0.25, -0.2) is 4.79 Å². The van der Waals surface area contributed by atoms with Crippen molar-refractivity contribution in [2.45, 2.75) is 58.6 Å². The highest BCUT2D eigenvalue weighted by atomic mass is 16.6. The maximum atomic E-state index is 12.6. The molecule has 0 spiro atoms. The normalized spacial score (nSPS) is 11.2. The Morgan fingerprint density at radius 1 is 1.06 bits per heavy atom. The minimum absolute atomic E-state index is 0.0520. The second-order valence-electron chi connectivity index (χ2n) is 9.19. The molecule has 0 fully saturated rings. The zero-order valence-electron chi connectivity index (χ0n) is 20.6. The van der Waals surface area contributed by atoms with Crippen LogP contribution in [0.2, 0.25) is 0 Å². The summed E-state index contributed by atoms with van der Waals surface area (Å²) in [5.74, 6) is 0.940. The van der Waals surface area contributed by atoms with E-state index >= 15 is 0 Å². The number of nitrogens with zero attached hydrogens (tertiary/aromatic N) is 4. The molecule has 0 radical (unpaired) electrons. The third kappa shape index (κ3) is 9.19. The third-order valence-electron chi connectivity index (χ3n) is 4.96. The minimum Gasteiger partial charge on any atom is -0.444 e. The lowest BCUT2D eigenvalue weighted by Gasteiger charge is -2.27. The molecule has 0 atom stereocenters. The van der Waals surface area contributed by atoms with Crippen LogP contribution in [0, 0.1) is 0 Å². The van der Waals surface area contributed by atoms with Gasteiger partial charge in [-0.2, -0.15) is 0 Å². The molecule has 3 aromatic rings. The van der Waals surface area contributed by atoms with E-state index in [2.05, 4.69) is 20.5 Å². The van der Waals surface area contributed by atoms with E-state index < -0.39 is 5.60 Å². The fourth-order valence-corrected chi connectivity index (χ4v) is 3.31. The SMILES string of the molecule is CC(C)(C)OC(=O)N(CCCNC(=O)CCCc1nnc(-c2ccccc2)o1)Cc1cccnc1. The van der Waals surface area contributed by atoms with Crippen LogP contribution in [0.3, 0.4) is 0 Å². The number of ether oxygens (including phenoxy) is 1. The minimum atomic E-state index is -0.585. The second kappa shape index (κ2) is 12.6. The summed E-state index contributed by atoms with van der Waals surface area (Å²) in [5.41, 5.74) is 1.20. The van der Waals surface area contributed by atoms with Gasteiger partial charge in [0.2, 0.25) is 17.7 Å². The summed E-state index contributed by atoms with van der Waals surface area (Å²) in [4.78, 5) is 30.6. The van der Waals surface area contributed by atoms with Gasteiger partial charge in [-0.05, 0) is 57.4 Å². The number of benzene rings is 1. The lowest BCUT2D eigenvalue weighted by Crippen LogP contribution is -2.38. The van der Waals surface area contributed by atoms with Gasteiger partial charge >= 0.3 is 6.09 Å². The topological polar surface area (TPSA) is 110 Å². The maximum absolute atomic E-state index is 12.6. The molecule has 9 nitrogen and oxygen atoms in total. The summed E-state index contributed by atoms with van der Waals surface area (Å²) in [6, 6.07) is 13.3. The Morgan fingerprint density at radius 3 is 2.57 bits per heavy atom. The number of rotatable bonds is 11. The van der Waals surface area contributed by atoms with Gasteiger partial charge in [-0.15, -0.1) is 10.2 Å². The van der Waals surface area contributed by atoms with Gasteiger partial charge in [0.15, 0.2) is 0 Å². The van der Waals surface area contributed by atoms with Crippen molar-refractivity contribution in [3.63, 3.8) is 0 Å². The highest BCUT2D eigenvalue weighted by molar-refractivity contribution is 5.75. The summed E-state index contributed by atoms with van der Waals surface area (Å²) < 4.78 is 11.2. The molecule has 0 aliphatic rings. The molecule has 2 aromatic heterocycles. The molecule has 9 heteroatoms. The molecular formula is C26H33N5O4. The molecule has 2 amide bonds. The molecule has 0 aliphatic heterocycles.